The van der Waals surface area contributed by atoms with E-state index >= 15 is 0 Å². The van der Waals surface area contributed by atoms with Crippen LogP contribution in [0.1, 0.15) is 32.7 Å². The molecule has 3 rings (SSSR count). The number of hydrogen-bond donors (Lipinski definition) is 6. The fourth-order valence-electron chi connectivity index (χ4n) is 4.54. The number of isothiocyanates is 1. The maximum atomic E-state index is 12.7. The molecule has 240 valence electrons. The molecule has 0 spiro atoms. The van der Waals surface area contributed by atoms with Crippen LogP contribution in [0.15, 0.2) is 63.4 Å². The van der Waals surface area contributed by atoms with Crippen LogP contribution in [0.5, 0.6) is 11.5 Å². The van der Waals surface area contributed by atoms with E-state index in [9.17, 15) is 29.4 Å². The molecule has 0 bridgehead atoms. The Labute approximate surface area is 263 Å². The Balaban J connectivity index is 1.61. The number of carbonyl (C=O) groups excluding carboxylic acids is 2. The molecule has 0 radical (unpaired) electrons. The predicted molar refractivity (Wildman–Crippen MR) is 169 cm³/mol. The highest BCUT2D eigenvalue weighted by atomic mass is 32.1. The van der Waals surface area contributed by atoms with Crippen molar-refractivity contribution >= 4 is 34.9 Å². The lowest BCUT2D eigenvalue weighted by Crippen LogP contribution is -2.40. The highest BCUT2D eigenvalue weighted by Gasteiger charge is 2.18. The molecule has 2 heterocycles. The predicted octanol–water partition coefficient (Wildman–Crippen LogP) is 0.235. The molecule has 3 aromatic rings. The number of aliphatic imine (C=N–C) groups is 1. The summed E-state index contributed by atoms with van der Waals surface area (Å²) in [6.07, 6.45) is 4.13. The molecule has 2 amide bonds. The van der Waals surface area contributed by atoms with Crippen molar-refractivity contribution in [2.45, 2.75) is 25.9 Å². The minimum absolute atomic E-state index is 0.0172. The number of rotatable bonds is 17. The lowest BCUT2D eigenvalue weighted by atomic mass is 10.1. The number of benzene rings is 1. The summed E-state index contributed by atoms with van der Waals surface area (Å²) in [5, 5.41) is 46.2. The smallest absolute Gasteiger partial charge is 0.293 e. The van der Waals surface area contributed by atoms with E-state index in [1.54, 1.807) is 0 Å². The molecule has 0 unspecified atom stereocenters. The van der Waals surface area contributed by atoms with Gasteiger partial charge >= 0.3 is 0 Å². The molecule has 0 aliphatic rings. The number of nitrogens with one attached hydrogen (secondary N) is 2. The lowest BCUT2D eigenvalue weighted by Gasteiger charge is -2.23. The zero-order valence-corrected chi connectivity index (χ0v) is 25.3. The number of carbonyl (C=O) groups is 2. The Morgan fingerprint density at radius 2 is 1.29 bits per heavy atom. The third-order valence-corrected chi connectivity index (χ3v) is 7.02. The Hall–Kier alpha value is -4.66. The lowest BCUT2D eigenvalue weighted by molar-refractivity contribution is 0.0944. The van der Waals surface area contributed by atoms with Crippen LogP contribution in [0.25, 0.3) is 0 Å². The molecule has 0 saturated carbocycles. The Bertz CT molecular complexity index is 1550. The van der Waals surface area contributed by atoms with E-state index in [0.29, 0.717) is 25.3 Å². The van der Waals surface area contributed by atoms with Crippen molar-refractivity contribution in [3.8, 4) is 11.5 Å². The van der Waals surface area contributed by atoms with Crippen LogP contribution in [0, 0.1) is 0 Å². The first-order valence-corrected chi connectivity index (χ1v) is 14.6. The number of amides is 2. The third kappa shape index (κ3) is 9.93. The molecule has 0 aliphatic carbocycles. The van der Waals surface area contributed by atoms with Crippen molar-refractivity contribution in [3.63, 3.8) is 0 Å². The summed E-state index contributed by atoms with van der Waals surface area (Å²) >= 11 is 4.63. The van der Waals surface area contributed by atoms with E-state index in [-0.39, 0.29) is 50.5 Å². The standard InChI is InChI=1S/C30H36N6O8S/c37-18-16-35-12-7-23(25(39)29(35)43)27(41)31-9-14-34(11-1-2-21-3-5-22(6-4-21)33-20-45)15-10-32-28(42)24-8-13-36(17-19-38)30(44)26(24)40/h3-8,12-13,37-40H,1-2,9-11,14-19H2,(H,31,41)(H,32,42). The second-order valence-corrected chi connectivity index (χ2v) is 10.1. The number of pyridine rings is 2. The van der Waals surface area contributed by atoms with Gasteiger partial charge in [-0.15, -0.1) is 0 Å². The first-order chi connectivity index (χ1) is 21.7. The summed E-state index contributed by atoms with van der Waals surface area (Å²) < 4.78 is 2.20. The van der Waals surface area contributed by atoms with Gasteiger partial charge < -0.3 is 40.2 Å². The Morgan fingerprint density at radius 1 is 0.800 bits per heavy atom. The second kappa shape index (κ2) is 17.6. The monoisotopic (exact) mass is 640 g/mol. The van der Waals surface area contributed by atoms with Crippen molar-refractivity contribution in [1.29, 1.82) is 0 Å². The van der Waals surface area contributed by atoms with Crippen molar-refractivity contribution in [2.75, 3.05) is 45.9 Å². The number of aromatic hydroxyl groups is 2. The van der Waals surface area contributed by atoms with Crippen LogP contribution in [0.2, 0.25) is 0 Å². The molecule has 45 heavy (non-hydrogen) atoms. The summed E-state index contributed by atoms with van der Waals surface area (Å²) in [4.78, 5) is 55.8. The Morgan fingerprint density at radius 3 is 1.73 bits per heavy atom. The van der Waals surface area contributed by atoms with Gasteiger partial charge in [0, 0.05) is 51.7 Å². The van der Waals surface area contributed by atoms with Gasteiger partial charge in [-0.05, 0) is 61.4 Å². The van der Waals surface area contributed by atoms with E-state index in [4.69, 9.17) is 10.2 Å². The number of aryl methyl sites for hydroxylation is 1. The fraction of sp³-hybridized carbons (Fsp3) is 0.367. The van der Waals surface area contributed by atoms with Crippen LogP contribution >= 0.6 is 12.2 Å². The maximum absolute atomic E-state index is 12.7. The molecule has 0 saturated heterocycles. The zero-order chi connectivity index (χ0) is 32.8. The first kappa shape index (κ1) is 34.8. The van der Waals surface area contributed by atoms with Crippen molar-refractivity contribution < 1.29 is 30.0 Å². The first-order valence-electron chi connectivity index (χ1n) is 14.2. The van der Waals surface area contributed by atoms with Gasteiger partial charge in [0.25, 0.3) is 22.9 Å². The quantitative estimate of drug-likeness (QED) is 0.0877. The molecule has 1 aromatic carbocycles. The van der Waals surface area contributed by atoms with Gasteiger partial charge in [-0.3, -0.25) is 24.1 Å². The zero-order valence-electron chi connectivity index (χ0n) is 24.5. The average Bonchev–Trinajstić information content (AvgIpc) is 3.02. The molecule has 14 nitrogen and oxygen atoms in total. The van der Waals surface area contributed by atoms with Gasteiger partial charge in [-0.1, -0.05) is 12.1 Å². The van der Waals surface area contributed by atoms with E-state index in [2.05, 4.69) is 33.0 Å². The fourth-order valence-corrected chi connectivity index (χ4v) is 4.64. The van der Waals surface area contributed by atoms with E-state index in [0.717, 1.165) is 27.5 Å². The largest absolute Gasteiger partial charge is 0.502 e. The van der Waals surface area contributed by atoms with Gasteiger partial charge in [0.05, 0.1) is 35.2 Å². The van der Waals surface area contributed by atoms with Crippen molar-refractivity contribution in [3.05, 3.63) is 86.2 Å². The average molecular weight is 641 g/mol. The normalized spacial score (nSPS) is 10.8. The minimum Gasteiger partial charge on any atom is -0.502 e. The van der Waals surface area contributed by atoms with Gasteiger partial charge in [-0.25, -0.2) is 0 Å². The number of aliphatic hydroxyl groups is 2. The number of nitrogens with zero attached hydrogens (tertiary/aromatic N) is 4. The van der Waals surface area contributed by atoms with Crippen molar-refractivity contribution in [2.24, 2.45) is 4.99 Å². The number of aliphatic hydroxyl groups excluding tert-OH is 2. The molecule has 0 aliphatic heterocycles. The molecule has 15 heteroatoms. The SMILES string of the molecule is O=C(NCCN(CCCc1ccc(N=C=S)cc1)CCNC(=O)c1ccn(CCO)c(=O)c1O)c1ccn(CCO)c(=O)c1O. The third-order valence-electron chi connectivity index (χ3n) is 6.93. The summed E-state index contributed by atoms with van der Waals surface area (Å²) in [6.45, 7) is 1.03. The maximum Gasteiger partial charge on any atom is 0.293 e. The highest BCUT2D eigenvalue weighted by molar-refractivity contribution is 7.78. The Kier molecular flexibility index (Phi) is 13.6. The van der Waals surface area contributed by atoms with E-state index < -0.39 is 34.4 Å². The molecule has 6 N–H and O–H groups in total. The minimum atomic E-state index is -0.784. The van der Waals surface area contributed by atoms with Crippen LogP contribution < -0.4 is 21.8 Å². The molecular formula is C30H36N6O8S. The summed E-state index contributed by atoms with van der Waals surface area (Å²) in [6, 6.07) is 10.2. The molecule has 0 fully saturated rings. The van der Waals surface area contributed by atoms with Crippen LogP contribution in [-0.4, -0.2) is 97.4 Å². The number of aromatic nitrogens is 2. The topological polar surface area (TPSA) is 199 Å². The van der Waals surface area contributed by atoms with Crippen LogP contribution in [0.4, 0.5) is 5.69 Å². The molecule has 0 atom stereocenters. The van der Waals surface area contributed by atoms with Crippen LogP contribution in [-0.2, 0) is 19.5 Å². The van der Waals surface area contributed by atoms with Gasteiger partial charge in [-0.2, -0.15) is 4.99 Å². The summed E-state index contributed by atoms with van der Waals surface area (Å²) in [5.41, 5.74) is -0.153. The van der Waals surface area contributed by atoms with Gasteiger partial charge in [0.2, 0.25) is 0 Å². The van der Waals surface area contributed by atoms with Gasteiger partial charge in [0.15, 0.2) is 11.5 Å². The number of hydrogen-bond acceptors (Lipinski definition) is 11. The highest BCUT2D eigenvalue weighted by Crippen LogP contribution is 2.14. The molecule has 2 aromatic heterocycles. The van der Waals surface area contributed by atoms with Crippen molar-refractivity contribution in [1.82, 2.24) is 24.7 Å². The number of thiocarbonyl (C=S) groups is 1. The van der Waals surface area contributed by atoms with E-state index in [1.165, 1.54) is 24.5 Å². The summed E-state index contributed by atoms with van der Waals surface area (Å²) in [7, 11) is 0. The van der Waals surface area contributed by atoms with Gasteiger partial charge in [0.1, 0.15) is 0 Å². The van der Waals surface area contributed by atoms with Crippen LogP contribution in [0.3, 0.4) is 0 Å². The summed E-state index contributed by atoms with van der Waals surface area (Å²) in [5.74, 6) is -2.70. The molecular weight excluding hydrogens is 604 g/mol. The second-order valence-electron chi connectivity index (χ2n) is 9.93. The van der Waals surface area contributed by atoms with E-state index in [1.807, 2.05) is 29.2 Å².